The third-order valence-electron chi connectivity index (χ3n) is 3.44. The SMILES string of the molecule is Cc1ccc(NC(=O)Nc2nc(C(=O)Nc3ccc(F)c(F)c3)cs2)cc1. The first kappa shape index (κ1) is 18.5. The Balaban J connectivity index is 1.60. The fourth-order valence-electron chi connectivity index (χ4n) is 2.10. The maximum Gasteiger partial charge on any atom is 0.325 e. The molecule has 1 heterocycles. The lowest BCUT2D eigenvalue weighted by molar-refractivity contribution is 0.102. The van der Waals surface area contributed by atoms with Crippen molar-refractivity contribution in [3.63, 3.8) is 0 Å². The van der Waals surface area contributed by atoms with Crippen LogP contribution in [0.1, 0.15) is 16.1 Å². The highest BCUT2D eigenvalue weighted by atomic mass is 32.1. The minimum absolute atomic E-state index is 0.0374. The number of hydrogen-bond donors (Lipinski definition) is 3. The topological polar surface area (TPSA) is 83.1 Å². The molecular formula is C18H14F2N4O2S. The Bertz CT molecular complexity index is 989. The van der Waals surface area contributed by atoms with Crippen molar-refractivity contribution >= 4 is 39.8 Å². The second kappa shape index (κ2) is 7.92. The molecule has 0 bridgehead atoms. The summed E-state index contributed by atoms with van der Waals surface area (Å²) in [6, 6.07) is 9.76. The molecule has 0 aliphatic heterocycles. The van der Waals surface area contributed by atoms with Crippen molar-refractivity contribution in [2.75, 3.05) is 16.0 Å². The van der Waals surface area contributed by atoms with E-state index in [2.05, 4.69) is 20.9 Å². The molecule has 27 heavy (non-hydrogen) atoms. The number of hydrogen-bond acceptors (Lipinski definition) is 4. The number of amides is 3. The predicted molar refractivity (Wildman–Crippen MR) is 100 cm³/mol. The highest BCUT2D eigenvalue weighted by Gasteiger charge is 2.14. The molecule has 0 unspecified atom stereocenters. The van der Waals surface area contributed by atoms with Gasteiger partial charge in [0.2, 0.25) is 0 Å². The Labute approximate surface area is 157 Å². The number of halogens is 2. The number of anilines is 3. The van der Waals surface area contributed by atoms with Crippen LogP contribution < -0.4 is 16.0 Å². The van der Waals surface area contributed by atoms with Crippen LogP contribution in [0, 0.1) is 18.6 Å². The second-order valence-electron chi connectivity index (χ2n) is 5.57. The monoisotopic (exact) mass is 388 g/mol. The molecule has 0 radical (unpaired) electrons. The zero-order valence-electron chi connectivity index (χ0n) is 14.0. The number of nitrogens with zero attached hydrogens (tertiary/aromatic N) is 1. The molecule has 3 N–H and O–H groups in total. The van der Waals surface area contributed by atoms with E-state index >= 15 is 0 Å². The molecule has 0 saturated carbocycles. The lowest BCUT2D eigenvalue weighted by Crippen LogP contribution is -2.19. The largest absolute Gasteiger partial charge is 0.325 e. The molecule has 0 atom stereocenters. The number of nitrogens with one attached hydrogen (secondary N) is 3. The van der Waals surface area contributed by atoms with Gasteiger partial charge < -0.3 is 10.6 Å². The van der Waals surface area contributed by atoms with E-state index < -0.39 is 23.6 Å². The molecular weight excluding hydrogens is 374 g/mol. The van der Waals surface area contributed by atoms with Gasteiger partial charge in [-0.3, -0.25) is 10.1 Å². The Morgan fingerprint density at radius 1 is 0.926 bits per heavy atom. The third kappa shape index (κ3) is 4.85. The van der Waals surface area contributed by atoms with Crippen LogP contribution in [0.25, 0.3) is 0 Å². The highest BCUT2D eigenvalue weighted by Crippen LogP contribution is 2.19. The van der Waals surface area contributed by atoms with Crippen molar-refractivity contribution in [2.45, 2.75) is 6.92 Å². The molecule has 1 aromatic heterocycles. The summed E-state index contributed by atoms with van der Waals surface area (Å²) >= 11 is 1.06. The van der Waals surface area contributed by atoms with Gasteiger partial charge in [0.1, 0.15) is 5.69 Å². The number of carbonyl (C=O) groups excluding carboxylic acids is 2. The Morgan fingerprint density at radius 3 is 2.33 bits per heavy atom. The van der Waals surface area contributed by atoms with Gasteiger partial charge in [-0.05, 0) is 31.2 Å². The lowest BCUT2D eigenvalue weighted by Gasteiger charge is -2.05. The number of urea groups is 1. The van der Waals surface area contributed by atoms with Gasteiger partial charge in [0.05, 0.1) is 0 Å². The Hall–Kier alpha value is -3.33. The number of aromatic nitrogens is 1. The van der Waals surface area contributed by atoms with Crippen LogP contribution in [0.3, 0.4) is 0 Å². The van der Waals surface area contributed by atoms with E-state index in [-0.39, 0.29) is 16.5 Å². The van der Waals surface area contributed by atoms with E-state index in [1.54, 1.807) is 12.1 Å². The van der Waals surface area contributed by atoms with E-state index in [9.17, 15) is 18.4 Å². The summed E-state index contributed by atoms with van der Waals surface area (Å²) in [7, 11) is 0. The maximum atomic E-state index is 13.2. The van der Waals surface area contributed by atoms with Crippen molar-refractivity contribution in [3.8, 4) is 0 Å². The van der Waals surface area contributed by atoms with Gasteiger partial charge in [0.15, 0.2) is 16.8 Å². The zero-order chi connectivity index (χ0) is 19.4. The van der Waals surface area contributed by atoms with Crippen molar-refractivity contribution in [1.29, 1.82) is 0 Å². The van der Waals surface area contributed by atoms with Crippen LogP contribution in [0.5, 0.6) is 0 Å². The van der Waals surface area contributed by atoms with Gasteiger partial charge >= 0.3 is 6.03 Å². The summed E-state index contributed by atoms with van der Waals surface area (Å²) in [5.74, 6) is -2.68. The van der Waals surface area contributed by atoms with E-state index in [1.807, 2.05) is 19.1 Å². The molecule has 2 aromatic carbocycles. The van der Waals surface area contributed by atoms with Crippen LogP contribution in [0.2, 0.25) is 0 Å². The van der Waals surface area contributed by atoms with Gasteiger partial charge in [-0.25, -0.2) is 18.6 Å². The van der Waals surface area contributed by atoms with Crippen LogP contribution >= 0.6 is 11.3 Å². The van der Waals surface area contributed by atoms with Crippen molar-refractivity contribution in [3.05, 3.63) is 70.7 Å². The van der Waals surface area contributed by atoms with Crippen LogP contribution in [-0.4, -0.2) is 16.9 Å². The number of carbonyl (C=O) groups is 2. The summed E-state index contributed by atoms with van der Waals surface area (Å²) in [4.78, 5) is 28.1. The lowest BCUT2D eigenvalue weighted by atomic mass is 10.2. The van der Waals surface area contributed by atoms with E-state index in [4.69, 9.17) is 0 Å². The van der Waals surface area contributed by atoms with Crippen molar-refractivity contribution in [1.82, 2.24) is 4.98 Å². The van der Waals surface area contributed by atoms with E-state index in [0.717, 1.165) is 29.0 Å². The zero-order valence-corrected chi connectivity index (χ0v) is 14.9. The first-order chi connectivity index (χ1) is 12.9. The molecule has 3 amide bonds. The van der Waals surface area contributed by atoms with Crippen LogP contribution in [0.15, 0.2) is 47.8 Å². The summed E-state index contributed by atoms with van der Waals surface area (Å²) in [5.41, 5.74) is 1.82. The highest BCUT2D eigenvalue weighted by molar-refractivity contribution is 7.14. The number of aryl methyl sites for hydroxylation is 1. The average molecular weight is 388 g/mol. The van der Waals surface area contributed by atoms with Gasteiger partial charge in [-0.15, -0.1) is 11.3 Å². The third-order valence-corrected chi connectivity index (χ3v) is 4.20. The molecule has 0 saturated heterocycles. The summed E-state index contributed by atoms with van der Waals surface area (Å²) in [5, 5.41) is 9.24. The number of benzene rings is 2. The molecule has 3 aromatic rings. The van der Waals surface area contributed by atoms with E-state index in [1.165, 1.54) is 11.4 Å². The molecule has 0 fully saturated rings. The Kier molecular flexibility index (Phi) is 5.41. The molecule has 9 heteroatoms. The van der Waals surface area contributed by atoms with Crippen molar-refractivity contribution < 1.29 is 18.4 Å². The first-order valence-corrected chi connectivity index (χ1v) is 8.65. The number of thiazole rings is 1. The van der Waals surface area contributed by atoms with Crippen LogP contribution in [-0.2, 0) is 0 Å². The normalized spacial score (nSPS) is 10.3. The van der Waals surface area contributed by atoms with Gasteiger partial charge in [-0.2, -0.15) is 0 Å². The van der Waals surface area contributed by atoms with Crippen molar-refractivity contribution in [2.24, 2.45) is 0 Å². The fraction of sp³-hybridized carbons (Fsp3) is 0.0556. The van der Waals surface area contributed by atoms with Gasteiger partial charge in [-0.1, -0.05) is 17.7 Å². The van der Waals surface area contributed by atoms with Crippen LogP contribution in [0.4, 0.5) is 30.1 Å². The second-order valence-corrected chi connectivity index (χ2v) is 6.42. The minimum Gasteiger partial charge on any atom is -0.321 e. The molecule has 6 nitrogen and oxygen atoms in total. The molecule has 138 valence electrons. The number of rotatable bonds is 4. The molecule has 0 aliphatic rings. The standard InChI is InChI=1S/C18H14F2N4O2S/c1-10-2-4-11(5-3-10)22-17(26)24-18-23-15(9-27-18)16(25)21-12-6-7-13(19)14(20)8-12/h2-9H,1H3,(H,21,25)(H2,22,23,24,26). The average Bonchev–Trinajstić information content (AvgIpc) is 3.08. The molecule has 0 aliphatic carbocycles. The quantitative estimate of drug-likeness (QED) is 0.610. The first-order valence-electron chi connectivity index (χ1n) is 7.77. The summed E-state index contributed by atoms with van der Waals surface area (Å²) in [6.45, 7) is 1.94. The van der Waals surface area contributed by atoms with Gasteiger partial charge in [0, 0.05) is 22.8 Å². The van der Waals surface area contributed by atoms with Gasteiger partial charge in [0.25, 0.3) is 5.91 Å². The van der Waals surface area contributed by atoms with E-state index in [0.29, 0.717) is 5.69 Å². The predicted octanol–water partition coefficient (Wildman–Crippen LogP) is 4.63. The molecule has 3 rings (SSSR count). The minimum atomic E-state index is -1.07. The summed E-state index contributed by atoms with van der Waals surface area (Å²) < 4.78 is 26.1. The maximum absolute atomic E-state index is 13.2. The summed E-state index contributed by atoms with van der Waals surface area (Å²) in [6.07, 6.45) is 0. The Morgan fingerprint density at radius 2 is 1.63 bits per heavy atom. The molecule has 0 spiro atoms. The smallest absolute Gasteiger partial charge is 0.321 e. The fourth-order valence-corrected chi connectivity index (χ4v) is 2.79.